The van der Waals surface area contributed by atoms with Gasteiger partial charge in [0.2, 0.25) is 10.0 Å². The van der Waals surface area contributed by atoms with Gasteiger partial charge in [0, 0.05) is 16.8 Å². The van der Waals surface area contributed by atoms with Gasteiger partial charge in [0.15, 0.2) is 0 Å². The fourth-order valence-electron chi connectivity index (χ4n) is 3.24. The van der Waals surface area contributed by atoms with E-state index < -0.39 is 10.0 Å². The summed E-state index contributed by atoms with van der Waals surface area (Å²) < 4.78 is 27.8. The first-order valence-electron chi connectivity index (χ1n) is 7.71. The summed E-state index contributed by atoms with van der Waals surface area (Å²) in [7, 11) is -3.43. The van der Waals surface area contributed by atoms with E-state index in [1.165, 1.54) is 24.1 Å². The highest BCUT2D eigenvalue weighted by molar-refractivity contribution is 7.89. The molecule has 1 aliphatic rings. The third-order valence-corrected chi connectivity index (χ3v) is 7.04. The van der Waals surface area contributed by atoms with Crippen LogP contribution < -0.4 is 4.72 Å². The van der Waals surface area contributed by atoms with Crippen LogP contribution >= 0.6 is 11.3 Å². The lowest BCUT2D eigenvalue weighted by molar-refractivity contribution is 0.298. The van der Waals surface area contributed by atoms with E-state index in [9.17, 15) is 8.42 Å². The second-order valence-corrected chi connectivity index (χ2v) is 8.67. The van der Waals surface area contributed by atoms with E-state index >= 15 is 0 Å². The van der Waals surface area contributed by atoms with Gasteiger partial charge in [-0.15, -0.1) is 11.3 Å². The molecule has 0 atom stereocenters. The Kier molecular flexibility index (Phi) is 4.66. The highest BCUT2D eigenvalue weighted by Crippen LogP contribution is 2.41. The summed E-state index contributed by atoms with van der Waals surface area (Å²) in [6, 6.07) is 12.8. The zero-order valence-corrected chi connectivity index (χ0v) is 14.1. The average molecular weight is 335 g/mol. The van der Waals surface area contributed by atoms with Gasteiger partial charge in [0.25, 0.3) is 0 Å². The molecule has 0 radical (unpaired) electrons. The molecule has 0 aliphatic heterocycles. The van der Waals surface area contributed by atoms with Gasteiger partial charge in [0.05, 0.1) is 4.90 Å². The lowest BCUT2D eigenvalue weighted by Crippen LogP contribution is -2.41. The van der Waals surface area contributed by atoms with Crippen LogP contribution in [-0.2, 0) is 15.4 Å². The largest absolute Gasteiger partial charge is 0.240 e. The molecular formula is C17H21NO2S2. The van der Waals surface area contributed by atoms with E-state index in [1.54, 1.807) is 35.6 Å². The molecule has 1 saturated carbocycles. The van der Waals surface area contributed by atoms with Crippen molar-refractivity contribution in [3.8, 4) is 0 Å². The molecular weight excluding hydrogens is 314 g/mol. The summed E-state index contributed by atoms with van der Waals surface area (Å²) >= 11 is 1.74. The Morgan fingerprint density at radius 2 is 1.73 bits per heavy atom. The minimum atomic E-state index is -3.43. The van der Waals surface area contributed by atoms with Crippen LogP contribution in [0.1, 0.15) is 37.0 Å². The van der Waals surface area contributed by atoms with Crippen molar-refractivity contribution in [1.82, 2.24) is 4.72 Å². The Morgan fingerprint density at radius 3 is 2.36 bits per heavy atom. The Balaban J connectivity index is 1.80. The molecule has 1 fully saturated rings. The van der Waals surface area contributed by atoms with Crippen LogP contribution in [-0.4, -0.2) is 15.0 Å². The normalized spacial score (nSPS) is 18.2. The first-order valence-corrected chi connectivity index (χ1v) is 10.1. The minimum absolute atomic E-state index is 0.0335. The van der Waals surface area contributed by atoms with Crippen molar-refractivity contribution in [3.05, 3.63) is 52.7 Å². The van der Waals surface area contributed by atoms with E-state index in [0.717, 1.165) is 12.8 Å². The van der Waals surface area contributed by atoms with Gasteiger partial charge in [-0.25, -0.2) is 13.1 Å². The lowest BCUT2D eigenvalue weighted by Gasteiger charge is -2.36. The second-order valence-electron chi connectivity index (χ2n) is 5.96. The third kappa shape index (κ3) is 3.26. The number of nitrogens with one attached hydrogen (secondary N) is 1. The third-order valence-electron chi connectivity index (χ3n) is 4.51. The van der Waals surface area contributed by atoms with Crippen molar-refractivity contribution in [1.29, 1.82) is 0 Å². The summed E-state index contributed by atoms with van der Waals surface area (Å²) in [4.78, 5) is 1.65. The maximum absolute atomic E-state index is 12.5. The number of hydrogen-bond donors (Lipinski definition) is 1. The number of hydrogen-bond acceptors (Lipinski definition) is 3. The Morgan fingerprint density at radius 1 is 1.00 bits per heavy atom. The Labute approximate surface area is 136 Å². The topological polar surface area (TPSA) is 46.2 Å². The van der Waals surface area contributed by atoms with Gasteiger partial charge in [-0.1, -0.05) is 43.5 Å². The summed E-state index contributed by atoms with van der Waals surface area (Å²) in [6.07, 6.45) is 5.71. The van der Waals surface area contributed by atoms with Crippen LogP contribution in [0.25, 0.3) is 0 Å². The number of thiophene rings is 1. The average Bonchev–Trinajstić information content (AvgIpc) is 3.10. The molecule has 0 amide bonds. The maximum Gasteiger partial charge on any atom is 0.240 e. The molecule has 0 saturated heterocycles. The van der Waals surface area contributed by atoms with Crippen LogP contribution in [0.15, 0.2) is 52.7 Å². The van der Waals surface area contributed by atoms with Crippen molar-refractivity contribution in [2.75, 3.05) is 6.54 Å². The van der Waals surface area contributed by atoms with E-state index in [-0.39, 0.29) is 5.41 Å². The molecule has 0 bridgehead atoms. The molecule has 0 spiro atoms. The summed E-state index contributed by atoms with van der Waals surface area (Å²) in [5, 5.41) is 2.08. The van der Waals surface area contributed by atoms with E-state index in [2.05, 4.69) is 22.2 Å². The van der Waals surface area contributed by atoms with Gasteiger partial charge in [-0.2, -0.15) is 0 Å². The molecule has 1 aromatic heterocycles. The molecule has 2 aromatic rings. The number of rotatable bonds is 5. The van der Waals surface area contributed by atoms with E-state index in [1.807, 2.05) is 6.07 Å². The monoisotopic (exact) mass is 335 g/mol. The van der Waals surface area contributed by atoms with Crippen LogP contribution in [0.3, 0.4) is 0 Å². The summed E-state index contributed by atoms with van der Waals surface area (Å²) in [5.74, 6) is 0. The second kappa shape index (κ2) is 6.52. The Hall–Kier alpha value is -1.17. The molecule has 22 heavy (non-hydrogen) atoms. The zero-order valence-electron chi connectivity index (χ0n) is 12.5. The highest BCUT2D eigenvalue weighted by Gasteiger charge is 2.35. The van der Waals surface area contributed by atoms with Crippen LogP contribution in [0.2, 0.25) is 0 Å². The molecule has 1 aromatic carbocycles. The fraction of sp³-hybridized carbons (Fsp3) is 0.412. The van der Waals surface area contributed by atoms with Crippen molar-refractivity contribution in [3.63, 3.8) is 0 Å². The van der Waals surface area contributed by atoms with Gasteiger partial charge in [0.1, 0.15) is 0 Å². The van der Waals surface area contributed by atoms with Gasteiger partial charge in [-0.3, -0.25) is 0 Å². The van der Waals surface area contributed by atoms with Gasteiger partial charge >= 0.3 is 0 Å². The molecule has 118 valence electrons. The Bertz CT molecular complexity index is 688. The van der Waals surface area contributed by atoms with Crippen molar-refractivity contribution in [2.24, 2.45) is 0 Å². The molecule has 3 nitrogen and oxygen atoms in total. The lowest BCUT2D eigenvalue weighted by atomic mass is 9.73. The van der Waals surface area contributed by atoms with Crippen molar-refractivity contribution >= 4 is 21.4 Å². The van der Waals surface area contributed by atoms with Crippen LogP contribution in [0.4, 0.5) is 0 Å². The van der Waals surface area contributed by atoms with Crippen LogP contribution in [0.5, 0.6) is 0 Å². The summed E-state index contributed by atoms with van der Waals surface area (Å²) in [6.45, 7) is 0.491. The van der Waals surface area contributed by atoms with Crippen molar-refractivity contribution in [2.45, 2.75) is 42.4 Å². The molecule has 3 rings (SSSR count). The van der Waals surface area contributed by atoms with E-state index in [4.69, 9.17) is 0 Å². The minimum Gasteiger partial charge on any atom is -0.210 e. The number of sulfonamides is 1. The molecule has 1 heterocycles. The number of benzene rings is 1. The maximum atomic E-state index is 12.5. The van der Waals surface area contributed by atoms with Crippen LogP contribution in [0, 0.1) is 0 Å². The highest BCUT2D eigenvalue weighted by atomic mass is 32.2. The zero-order chi connectivity index (χ0) is 15.5. The standard InChI is InChI=1S/C17H21NO2S2/c19-22(20,15-8-3-1-4-9-15)18-14-17(11-5-2-6-12-17)16-10-7-13-21-16/h1,3-4,7-10,13,18H,2,5-6,11-12,14H2. The predicted molar refractivity (Wildman–Crippen MR) is 90.7 cm³/mol. The molecule has 1 N–H and O–H groups in total. The SMILES string of the molecule is O=S(=O)(NCC1(c2cccs2)CCCCC1)c1ccccc1. The molecule has 1 aliphatic carbocycles. The quantitative estimate of drug-likeness (QED) is 0.900. The fourth-order valence-corrected chi connectivity index (χ4v) is 5.37. The van der Waals surface area contributed by atoms with E-state index in [0.29, 0.717) is 11.4 Å². The first kappa shape index (κ1) is 15.7. The molecule has 5 heteroatoms. The summed E-state index contributed by atoms with van der Waals surface area (Å²) in [5.41, 5.74) is -0.0335. The molecule has 0 unspecified atom stereocenters. The van der Waals surface area contributed by atoms with Gasteiger partial charge < -0.3 is 0 Å². The predicted octanol–water partition coefficient (Wildman–Crippen LogP) is 3.93. The van der Waals surface area contributed by atoms with Crippen molar-refractivity contribution < 1.29 is 8.42 Å². The van der Waals surface area contributed by atoms with Gasteiger partial charge in [-0.05, 0) is 36.4 Å². The smallest absolute Gasteiger partial charge is 0.210 e. The first-order chi connectivity index (χ1) is 10.6.